The fourth-order valence-electron chi connectivity index (χ4n) is 3.56. The van der Waals surface area contributed by atoms with E-state index in [2.05, 4.69) is 25.1 Å². The molecule has 1 fully saturated rings. The molecule has 5 rings (SSSR count). The van der Waals surface area contributed by atoms with Gasteiger partial charge in [-0.15, -0.1) is 10.2 Å². The van der Waals surface area contributed by atoms with E-state index in [1.54, 1.807) is 24.7 Å². The first-order valence-corrected chi connectivity index (χ1v) is 9.99. The van der Waals surface area contributed by atoms with Crippen molar-refractivity contribution in [2.24, 2.45) is 10.2 Å². The van der Waals surface area contributed by atoms with E-state index in [-0.39, 0.29) is 5.56 Å². The third-order valence-electron chi connectivity index (χ3n) is 5.06. The van der Waals surface area contributed by atoms with Crippen LogP contribution < -0.4 is 10.5 Å². The molecule has 0 saturated carbocycles. The number of nitrogens with one attached hydrogen (secondary N) is 1. The lowest BCUT2D eigenvalue weighted by Crippen LogP contribution is -2.36. The molecule has 0 aliphatic carbocycles. The van der Waals surface area contributed by atoms with Gasteiger partial charge in [-0.2, -0.15) is 0 Å². The summed E-state index contributed by atoms with van der Waals surface area (Å²) in [7, 11) is 0. The number of hydrogen-bond acceptors (Lipinski definition) is 8. The Bertz CT molecular complexity index is 1260. The molecule has 9 heteroatoms. The van der Waals surface area contributed by atoms with Crippen molar-refractivity contribution in [1.29, 1.82) is 0 Å². The summed E-state index contributed by atoms with van der Waals surface area (Å²) in [4.78, 5) is 26.1. The molecule has 2 aliphatic rings. The van der Waals surface area contributed by atoms with Crippen molar-refractivity contribution < 1.29 is 9.47 Å². The molecule has 0 aromatic carbocycles. The molecule has 0 amide bonds. The fraction of sp³-hybridized carbons (Fsp3) is 0.227. The summed E-state index contributed by atoms with van der Waals surface area (Å²) in [5.74, 6) is 1.19. The number of anilines is 1. The first-order valence-electron chi connectivity index (χ1n) is 9.99. The third kappa shape index (κ3) is 4.08. The molecule has 1 N–H and O–H groups in total. The smallest absolute Gasteiger partial charge is 0.248 e. The Labute approximate surface area is 177 Å². The molecule has 156 valence electrons. The van der Waals surface area contributed by atoms with Gasteiger partial charge in [0.05, 0.1) is 13.2 Å². The number of hydrogen-bond donors (Lipinski definition) is 1. The number of H-pyrrole nitrogens is 1. The minimum absolute atomic E-state index is 0.166. The Balaban J connectivity index is 1.67. The number of pyridine rings is 3. The van der Waals surface area contributed by atoms with Crippen LogP contribution in [0.4, 0.5) is 11.6 Å². The van der Waals surface area contributed by atoms with E-state index in [0.717, 1.165) is 35.4 Å². The van der Waals surface area contributed by atoms with E-state index >= 15 is 0 Å². The maximum absolute atomic E-state index is 12.0. The van der Waals surface area contributed by atoms with E-state index < -0.39 is 0 Å². The van der Waals surface area contributed by atoms with Gasteiger partial charge in [-0.25, -0.2) is 9.97 Å². The number of aromatic nitrogens is 3. The largest absolute Gasteiger partial charge is 0.495 e. The van der Waals surface area contributed by atoms with Gasteiger partial charge in [-0.1, -0.05) is 0 Å². The van der Waals surface area contributed by atoms with Crippen molar-refractivity contribution >= 4 is 22.5 Å². The van der Waals surface area contributed by atoms with E-state index in [1.165, 1.54) is 0 Å². The van der Waals surface area contributed by atoms with Gasteiger partial charge < -0.3 is 19.4 Å². The molecule has 0 spiro atoms. The molecule has 2 aliphatic heterocycles. The van der Waals surface area contributed by atoms with Gasteiger partial charge in [0.25, 0.3) is 0 Å². The van der Waals surface area contributed by atoms with E-state index in [4.69, 9.17) is 14.5 Å². The number of allylic oxidation sites excluding steroid dienone is 1. The minimum atomic E-state index is -0.166. The first-order chi connectivity index (χ1) is 15.3. The van der Waals surface area contributed by atoms with Gasteiger partial charge in [0, 0.05) is 36.9 Å². The van der Waals surface area contributed by atoms with Crippen LogP contribution in [0.1, 0.15) is 0 Å². The van der Waals surface area contributed by atoms with Crippen LogP contribution in [-0.4, -0.2) is 47.9 Å². The van der Waals surface area contributed by atoms with E-state index in [1.807, 2.05) is 30.4 Å². The zero-order valence-electron chi connectivity index (χ0n) is 16.7. The van der Waals surface area contributed by atoms with Gasteiger partial charge in [-0.05, 0) is 41.5 Å². The molecule has 0 radical (unpaired) electrons. The lowest BCUT2D eigenvalue weighted by molar-refractivity contribution is 0.122. The molecule has 3 aromatic rings. The third-order valence-corrected chi connectivity index (χ3v) is 5.06. The Hall–Kier alpha value is -3.85. The Morgan fingerprint density at radius 3 is 2.84 bits per heavy atom. The zero-order chi connectivity index (χ0) is 21.0. The molecule has 3 aromatic heterocycles. The summed E-state index contributed by atoms with van der Waals surface area (Å²) in [5, 5.41) is 9.43. The van der Waals surface area contributed by atoms with Crippen LogP contribution in [0.25, 0.3) is 22.0 Å². The number of azo groups is 1. The summed E-state index contributed by atoms with van der Waals surface area (Å²) in [6.07, 6.45) is 8.58. The van der Waals surface area contributed by atoms with E-state index in [9.17, 15) is 4.79 Å². The van der Waals surface area contributed by atoms with Gasteiger partial charge in [0.15, 0.2) is 0 Å². The second-order valence-corrected chi connectivity index (χ2v) is 7.08. The van der Waals surface area contributed by atoms with Crippen LogP contribution in [0.5, 0.6) is 0 Å². The number of morpholine rings is 1. The van der Waals surface area contributed by atoms with Crippen molar-refractivity contribution in [2.45, 2.75) is 0 Å². The summed E-state index contributed by atoms with van der Waals surface area (Å²) < 4.78 is 10.7. The Morgan fingerprint density at radius 1 is 1.13 bits per heavy atom. The molecule has 0 unspecified atom stereocenters. The molecule has 31 heavy (non-hydrogen) atoms. The summed E-state index contributed by atoms with van der Waals surface area (Å²) in [6.45, 7) is 3.27. The topological polar surface area (TPSA) is 105 Å². The average molecular weight is 416 g/mol. The van der Waals surface area contributed by atoms with Crippen LogP contribution in [0.2, 0.25) is 0 Å². The second kappa shape index (κ2) is 8.49. The van der Waals surface area contributed by atoms with E-state index in [0.29, 0.717) is 36.9 Å². The lowest BCUT2D eigenvalue weighted by Gasteiger charge is -2.28. The maximum atomic E-state index is 12.0. The highest BCUT2D eigenvalue weighted by Gasteiger charge is 2.18. The highest BCUT2D eigenvalue weighted by Crippen LogP contribution is 2.34. The standard InChI is InChI=1S/C22H20N6O3/c29-20-12-15(3-5-23-20)18-13-19(28-7-10-30-11-8-28)25-21-17(18)4-6-24-22(21)27-26-16-2-1-9-31-14-16/h1-6,12-14H,7-11H2,(H,23,29). The van der Waals surface area contributed by atoms with Crippen LogP contribution >= 0.6 is 0 Å². The Morgan fingerprint density at radius 2 is 2.03 bits per heavy atom. The predicted octanol–water partition coefficient (Wildman–Crippen LogP) is 3.33. The van der Waals surface area contributed by atoms with Crippen LogP contribution in [0, 0.1) is 0 Å². The van der Waals surface area contributed by atoms with Gasteiger partial charge in [0.2, 0.25) is 11.4 Å². The number of ether oxygens (including phenoxy) is 2. The number of rotatable bonds is 4. The summed E-state index contributed by atoms with van der Waals surface area (Å²) in [6, 6.07) is 7.33. The summed E-state index contributed by atoms with van der Waals surface area (Å²) >= 11 is 0. The fourth-order valence-corrected chi connectivity index (χ4v) is 3.56. The van der Waals surface area contributed by atoms with Crippen LogP contribution in [-0.2, 0) is 9.47 Å². The van der Waals surface area contributed by atoms with Crippen molar-refractivity contribution in [3.63, 3.8) is 0 Å². The number of aromatic amines is 1. The lowest BCUT2D eigenvalue weighted by atomic mass is 10.0. The minimum Gasteiger partial charge on any atom is -0.495 e. The number of nitrogens with zero attached hydrogens (tertiary/aromatic N) is 5. The van der Waals surface area contributed by atoms with Gasteiger partial charge in [-0.3, -0.25) is 4.79 Å². The molecular formula is C22H20N6O3. The average Bonchev–Trinajstić information content (AvgIpc) is 2.83. The van der Waals surface area contributed by atoms with Crippen molar-refractivity contribution in [3.8, 4) is 11.1 Å². The maximum Gasteiger partial charge on any atom is 0.248 e. The Kier molecular flexibility index (Phi) is 5.24. The van der Waals surface area contributed by atoms with Gasteiger partial charge in [0.1, 0.15) is 29.9 Å². The monoisotopic (exact) mass is 416 g/mol. The highest BCUT2D eigenvalue weighted by molar-refractivity contribution is 6.00. The van der Waals surface area contributed by atoms with Crippen molar-refractivity contribution in [3.05, 3.63) is 71.1 Å². The van der Waals surface area contributed by atoms with Crippen molar-refractivity contribution in [1.82, 2.24) is 15.0 Å². The second-order valence-electron chi connectivity index (χ2n) is 7.08. The number of fused-ring (bicyclic) bond motifs is 1. The zero-order valence-corrected chi connectivity index (χ0v) is 16.7. The molecule has 1 saturated heterocycles. The molecule has 9 nitrogen and oxygen atoms in total. The predicted molar refractivity (Wildman–Crippen MR) is 116 cm³/mol. The molecule has 0 atom stereocenters. The van der Waals surface area contributed by atoms with Crippen LogP contribution in [0.15, 0.2) is 75.8 Å². The molecule has 5 heterocycles. The molecule has 0 bridgehead atoms. The highest BCUT2D eigenvalue weighted by atomic mass is 16.5. The van der Waals surface area contributed by atoms with Crippen LogP contribution in [0.3, 0.4) is 0 Å². The van der Waals surface area contributed by atoms with Crippen molar-refractivity contribution in [2.75, 3.05) is 37.8 Å². The first kappa shape index (κ1) is 19.1. The summed E-state index contributed by atoms with van der Waals surface area (Å²) in [5.41, 5.74) is 2.74. The molecular weight excluding hydrogens is 396 g/mol. The quantitative estimate of drug-likeness (QED) is 0.654. The van der Waals surface area contributed by atoms with Gasteiger partial charge >= 0.3 is 0 Å². The normalized spacial score (nSPS) is 16.5. The SMILES string of the molecule is O=c1cc(-c2cc(N3CCOCC3)nc3c(N=NC4=COCC=C4)nccc23)cc[nH]1.